The number of methoxy groups -OCH3 is 1. The van der Waals surface area contributed by atoms with Crippen LogP contribution in [-0.2, 0) is 4.74 Å². The zero-order valence-corrected chi connectivity index (χ0v) is 8.45. The van der Waals surface area contributed by atoms with Gasteiger partial charge in [-0.25, -0.2) is 0 Å². The van der Waals surface area contributed by atoms with Crippen molar-refractivity contribution in [1.29, 1.82) is 0 Å². The van der Waals surface area contributed by atoms with Crippen LogP contribution < -0.4 is 11.1 Å². The van der Waals surface area contributed by atoms with Crippen LogP contribution in [0.1, 0.15) is 6.42 Å². The average molecular weight is 190 g/mol. The second-order valence-corrected chi connectivity index (χ2v) is 4.31. The van der Waals surface area contributed by atoms with E-state index in [1.807, 2.05) is 11.8 Å². The quantitative estimate of drug-likeness (QED) is 0.602. The fourth-order valence-corrected chi connectivity index (χ4v) is 2.83. The van der Waals surface area contributed by atoms with Crippen LogP contribution in [0, 0.1) is 0 Å². The highest BCUT2D eigenvalue weighted by molar-refractivity contribution is 7.99. The Hall–Kier alpha value is 0.230. The Kier molecular flexibility index (Phi) is 4.35. The molecule has 0 aliphatic carbocycles. The molecule has 3 nitrogen and oxygen atoms in total. The standard InChI is InChI=1S/C8H18N2OS/c1-11-4-3-10-8(6-9)2-5-12-7-8/h10H,2-7,9H2,1H3. The Balaban J connectivity index is 2.24. The van der Waals surface area contributed by atoms with Gasteiger partial charge in [-0.15, -0.1) is 0 Å². The second kappa shape index (κ2) is 5.07. The molecule has 1 fully saturated rings. The third-order valence-corrected chi connectivity index (χ3v) is 3.55. The third kappa shape index (κ3) is 2.62. The summed E-state index contributed by atoms with van der Waals surface area (Å²) in [5, 5.41) is 3.47. The molecule has 0 spiro atoms. The summed E-state index contributed by atoms with van der Waals surface area (Å²) in [6, 6.07) is 0. The van der Waals surface area contributed by atoms with Gasteiger partial charge in [0, 0.05) is 31.5 Å². The van der Waals surface area contributed by atoms with E-state index in [0.717, 1.165) is 25.4 Å². The van der Waals surface area contributed by atoms with E-state index < -0.39 is 0 Å². The minimum atomic E-state index is 0.198. The highest BCUT2D eigenvalue weighted by Gasteiger charge is 2.31. The Labute approximate surface area is 78.4 Å². The largest absolute Gasteiger partial charge is 0.383 e. The van der Waals surface area contributed by atoms with Crippen LogP contribution in [-0.4, -0.2) is 43.9 Å². The van der Waals surface area contributed by atoms with Gasteiger partial charge in [0.15, 0.2) is 0 Å². The summed E-state index contributed by atoms with van der Waals surface area (Å²) in [5.74, 6) is 2.38. The average Bonchev–Trinajstić information content (AvgIpc) is 2.55. The highest BCUT2D eigenvalue weighted by atomic mass is 32.2. The molecule has 4 heteroatoms. The van der Waals surface area contributed by atoms with Crippen LogP contribution in [0.3, 0.4) is 0 Å². The van der Waals surface area contributed by atoms with E-state index in [1.165, 1.54) is 12.2 Å². The molecule has 0 amide bonds. The summed E-state index contributed by atoms with van der Waals surface area (Å²) in [6.45, 7) is 2.42. The minimum absolute atomic E-state index is 0.198. The van der Waals surface area contributed by atoms with Crippen molar-refractivity contribution in [1.82, 2.24) is 5.32 Å². The van der Waals surface area contributed by atoms with Crippen LogP contribution in [0.5, 0.6) is 0 Å². The Morgan fingerprint density at radius 2 is 2.50 bits per heavy atom. The molecule has 0 radical (unpaired) electrons. The fraction of sp³-hybridized carbons (Fsp3) is 1.00. The number of ether oxygens (including phenoxy) is 1. The van der Waals surface area contributed by atoms with E-state index in [1.54, 1.807) is 7.11 Å². The number of thioether (sulfide) groups is 1. The summed E-state index contributed by atoms with van der Waals surface area (Å²) in [7, 11) is 1.72. The molecule has 3 N–H and O–H groups in total. The van der Waals surface area contributed by atoms with E-state index >= 15 is 0 Å². The van der Waals surface area contributed by atoms with Gasteiger partial charge in [-0.05, 0) is 12.2 Å². The van der Waals surface area contributed by atoms with Gasteiger partial charge in [-0.3, -0.25) is 0 Å². The number of nitrogens with one attached hydrogen (secondary N) is 1. The maximum Gasteiger partial charge on any atom is 0.0587 e. The minimum Gasteiger partial charge on any atom is -0.383 e. The van der Waals surface area contributed by atoms with E-state index in [2.05, 4.69) is 5.32 Å². The maximum atomic E-state index is 5.73. The lowest BCUT2D eigenvalue weighted by Crippen LogP contribution is -2.52. The SMILES string of the molecule is COCCNC1(CN)CCSC1. The van der Waals surface area contributed by atoms with Gasteiger partial charge in [0.2, 0.25) is 0 Å². The first kappa shape index (κ1) is 10.3. The van der Waals surface area contributed by atoms with Crippen molar-refractivity contribution < 1.29 is 4.74 Å². The van der Waals surface area contributed by atoms with Crippen molar-refractivity contribution in [3.05, 3.63) is 0 Å². The van der Waals surface area contributed by atoms with E-state index in [4.69, 9.17) is 10.5 Å². The fourth-order valence-electron chi connectivity index (χ4n) is 1.40. The molecule has 1 saturated heterocycles. The molecule has 1 aliphatic heterocycles. The first-order valence-corrected chi connectivity index (χ1v) is 5.50. The smallest absolute Gasteiger partial charge is 0.0587 e. The van der Waals surface area contributed by atoms with Gasteiger partial charge in [0.1, 0.15) is 0 Å². The van der Waals surface area contributed by atoms with Crippen molar-refractivity contribution in [2.45, 2.75) is 12.0 Å². The molecule has 0 saturated carbocycles. The van der Waals surface area contributed by atoms with Crippen LogP contribution in [0.25, 0.3) is 0 Å². The lowest BCUT2D eigenvalue weighted by atomic mass is 9.99. The zero-order valence-electron chi connectivity index (χ0n) is 7.64. The summed E-state index contributed by atoms with van der Waals surface area (Å²) < 4.78 is 4.98. The monoisotopic (exact) mass is 190 g/mol. The zero-order chi connectivity index (χ0) is 8.86. The predicted molar refractivity (Wildman–Crippen MR) is 53.6 cm³/mol. The Bertz CT molecular complexity index is 126. The van der Waals surface area contributed by atoms with Crippen LogP contribution >= 0.6 is 11.8 Å². The number of nitrogens with two attached hydrogens (primary N) is 1. The van der Waals surface area contributed by atoms with Crippen molar-refractivity contribution in [2.75, 3.05) is 38.3 Å². The van der Waals surface area contributed by atoms with Crippen LogP contribution in [0.4, 0.5) is 0 Å². The molecule has 0 aromatic carbocycles. The summed E-state index contributed by atoms with van der Waals surface area (Å²) >= 11 is 1.98. The molecule has 1 heterocycles. The lowest BCUT2D eigenvalue weighted by Gasteiger charge is -2.27. The van der Waals surface area contributed by atoms with Crippen LogP contribution in [0.2, 0.25) is 0 Å². The molecular weight excluding hydrogens is 172 g/mol. The number of rotatable bonds is 5. The lowest BCUT2D eigenvalue weighted by molar-refractivity contribution is 0.188. The van der Waals surface area contributed by atoms with Gasteiger partial charge in [0.05, 0.1) is 6.61 Å². The first-order valence-electron chi connectivity index (χ1n) is 4.35. The summed E-state index contributed by atoms with van der Waals surface area (Å²) in [4.78, 5) is 0. The number of hydrogen-bond donors (Lipinski definition) is 2. The van der Waals surface area contributed by atoms with E-state index in [0.29, 0.717) is 0 Å². The van der Waals surface area contributed by atoms with Gasteiger partial charge in [0.25, 0.3) is 0 Å². The van der Waals surface area contributed by atoms with Crippen molar-refractivity contribution in [2.24, 2.45) is 5.73 Å². The van der Waals surface area contributed by atoms with Crippen molar-refractivity contribution >= 4 is 11.8 Å². The molecule has 0 aromatic rings. The molecule has 12 heavy (non-hydrogen) atoms. The molecule has 0 bridgehead atoms. The van der Waals surface area contributed by atoms with Gasteiger partial charge in [-0.1, -0.05) is 0 Å². The Morgan fingerprint density at radius 1 is 1.67 bits per heavy atom. The third-order valence-electron chi connectivity index (χ3n) is 2.30. The predicted octanol–water partition coefficient (Wildman–Crippen LogP) is 0.0568. The van der Waals surface area contributed by atoms with Gasteiger partial charge >= 0.3 is 0 Å². The van der Waals surface area contributed by atoms with E-state index in [9.17, 15) is 0 Å². The molecule has 0 aromatic heterocycles. The normalized spacial score (nSPS) is 29.5. The Morgan fingerprint density at radius 3 is 3.00 bits per heavy atom. The first-order chi connectivity index (χ1) is 5.83. The number of hydrogen-bond acceptors (Lipinski definition) is 4. The summed E-state index contributed by atoms with van der Waals surface area (Å²) in [5.41, 5.74) is 5.93. The van der Waals surface area contributed by atoms with Gasteiger partial charge < -0.3 is 15.8 Å². The van der Waals surface area contributed by atoms with Gasteiger partial charge in [-0.2, -0.15) is 11.8 Å². The van der Waals surface area contributed by atoms with Crippen molar-refractivity contribution in [3.8, 4) is 0 Å². The van der Waals surface area contributed by atoms with Crippen molar-refractivity contribution in [3.63, 3.8) is 0 Å². The summed E-state index contributed by atoms with van der Waals surface area (Å²) in [6.07, 6.45) is 1.19. The molecular formula is C8H18N2OS. The molecule has 1 atom stereocenters. The molecule has 1 rings (SSSR count). The van der Waals surface area contributed by atoms with Crippen LogP contribution in [0.15, 0.2) is 0 Å². The molecule has 1 unspecified atom stereocenters. The second-order valence-electron chi connectivity index (χ2n) is 3.21. The maximum absolute atomic E-state index is 5.73. The highest BCUT2D eigenvalue weighted by Crippen LogP contribution is 2.26. The molecule has 1 aliphatic rings. The topological polar surface area (TPSA) is 47.3 Å². The van der Waals surface area contributed by atoms with E-state index in [-0.39, 0.29) is 5.54 Å². The molecule has 72 valence electrons.